The summed E-state index contributed by atoms with van der Waals surface area (Å²) in [6.45, 7) is 9.04. The Balaban J connectivity index is 1.89. The van der Waals surface area contributed by atoms with E-state index in [0.717, 1.165) is 24.2 Å². The van der Waals surface area contributed by atoms with Crippen molar-refractivity contribution in [3.63, 3.8) is 0 Å². The van der Waals surface area contributed by atoms with Gasteiger partial charge in [0, 0.05) is 12.3 Å². The molecule has 1 heteroatoms. The van der Waals surface area contributed by atoms with Crippen molar-refractivity contribution in [2.75, 3.05) is 0 Å². The minimum absolute atomic E-state index is 0.287. The van der Waals surface area contributed by atoms with E-state index in [1.165, 1.54) is 25.7 Å². The van der Waals surface area contributed by atoms with Gasteiger partial charge in [-0.15, -0.1) is 0 Å². The lowest BCUT2D eigenvalue weighted by molar-refractivity contribution is -0.122. The van der Waals surface area contributed by atoms with Gasteiger partial charge in [0.1, 0.15) is 5.78 Å². The van der Waals surface area contributed by atoms with Gasteiger partial charge in [0.25, 0.3) is 0 Å². The average Bonchev–Trinajstić information content (AvgIpc) is 2.84. The van der Waals surface area contributed by atoms with E-state index in [-0.39, 0.29) is 5.92 Å². The maximum absolute atomic E-state index is 11.6. The van der Waals surface area contributed by atoms with Crippen LogP contribution in [0.4, 0.5) is 0 Å². The van der Waals surface area contributed by atoms with Crippen LogP contribution in [0.1, 0.15) is 66.2 Å². The van der Waals surface area contributed by atoms with Gasteiger partial charge in [-0.25, -0.2) is 0 Å². The molecule has 2 bridgehead atoms. The number of ketones is 1. The third-order valence-corrected chi connectivity index (χ3v) is 5.86. The normalized spacial score (nSPS) is 36.1. The molecule has 0 aromatic rings. The first-order valence-corrected chi connectivity index (χ1v) is 7.49. The Kier molecular flexibility index (Phi) is 3.66. The fraction of sp³-hybridized carbons (Fsp3) is 0.938. The van der Waals surface area contributed by atoms with Crippen LogP contribution in [0.5, 0.6) is 0 Å². The Hall–Kier alpha value is -0.330. The molecule has 17 heavy (non-hydrogen) atoms. The van der Waals surface area contributed by atoms with Crippen molar-refractivity contribution in [2.45, 2.75) is 66.2 Å². The molecule has 2 rings (SSSR count). The summed E-state index contributed by atoms with van der Waals surface area (Å²) < 4.78 is 0. The van der Waals surface area contributed by atoms with E-state index in [1.54, 1.807) is 0 Å². The number of fused-ring (bicyclic) bond motifs is 2. The molecule has 0 aliphatic heterocycles. The molecule has 0 saturated heterocycles. The molecule has 1 nitrogen and oxygen atoms in total. The summed E-state index contributed by atoms with van der Waals surface area (Å²) in [7, 11) is 0. The lowest BCUT2D eigenvalue weighted by atomic mass is 9.66. The van der Waals surface area contributed by atoms with Gasteiger partial charge in [-0.3, -0.25) is 4.79 Å². The van der Waals surface area contributed by atoms with E-state index in [1.807, 2.05) is 6.92 Å². The lowest BCUT2D eigenvalue weighted by Crippen LogP contribution is -2.31. The first kappa shape index (κ1) is 13.1. The van der Waals surface area contributed by atoms with E-state index in [0.29, 0.717) is 17.6 Å². The molecule has 4 atom stereocenters. The zero-order chi connectivity index (χ0) is 12.6. The Labute approximate surface area is 106 Å². The summed E-state index contributed by atoms with van der Waals surface area (Å²) in [5.74, 6) is 3.56. The monoisotopic (exact) mass is 236 g/mol. The molecule has 2 fully saturated rings. The average molecular weight is 236 g/mol. The highest BCUT2D eigenvalue weighted by Crippen LogP contribution is 2.60. The molecule has 2 saturated carbocycles. The summed E-state index contributed by atoms with van der Waals surface area (Å²) in [6, 6.07) is 0. The summed E-state index contributed by atoms with van der Waals surface area (Å²) in [6.07, 6.45) is 7.48. The SMILES string of the molecule is CCC(=O)C(C)CCC1C2CCC(C2)C1(C)C. The quantitative estimate of drug-likeness (QED) is 0.689. The molecule has 2 aliphatic rings. The van der Waals surface area contributed by atoms with E-state index in [2.05, 4.69) is 20.8 Å². The second-order valence-corrected chi connectivity index (χ2v) is 7.00. The van der Waals surface area contributed by atoms with Crippen molar-refractivity contribution in [1.29, 1.82) is 0 Å². The number of hydrogen-bond acceptors (Lipinski definition) is 1. The third-order valence-electron chi connectivity index (χ3n) is 5.86. The molecule has 0 N–H and O–H groups in total. The summed E-state index contributed by atoms with van der Waals surface area (Å²) in [5.41, 5.74) is 0.540. The topological polar surface area (TPSA) is 17.1 Å². The predicted molar refractivity (Wildman–Crippen MR) is 71.8 cm³/mol. The standard InChI is InChI=1S/C16H28O/c1-5-15(17)11(2)6-9-14-12-7-8-13(10-12)16(14,3)4/h11-14H,5-10H2,1-4H3. The maximum Gasteiger partial charge on any atom is 0.135 e. The molecule has 0 heterocycles. The van der Waals surface area contributed by atoms with Crippen molar-refractivity contribution in [1.82, 2.24) is 0 Å². The van der Waals surface area contributed by atoms with Crippen molar-refractivity contribution >= 4 is 5.78 Å². The zero-order valence-corrected chi connectivity index (χ0v) is 12.0. The molecule has 4 unspecified atom stereocenters. The molecule has 0 spiro atoms. The van der Waals surface area contributed by atoms with Gasteiger partial charge in [0.05, 0.1) is 0 Å². The Morgan fingerprint density at radius 1 is 1.35 bits per heavy atom. The van der Waals surface area contributed by atoms with Gasteiger partial charge in [0.2, 0.25) is 0 Å². The van der Waals surface area contributed by atoms with Crippen LogP contribution in [-0.2, 0) is 4.79 Å². The van der Waals surface area contributed by atoms with Gasteiger partial charge in [-0.1, -0.05) is 27.7 Å². The number of carbonyl (C=O) groups is 1. The highest BCUT2D eigenvalue weighted by molar-refractivity contribution is 5.80. The Bertz CT molecular complexity index is 292. The third kappa shape index (κ3) is 2.30. The summed E-state index contributed by atoms with van der Waals surface area (Å²) in [5, 5.41) is 0. The minimum Gasteiger partial charge on any atom is -0.299 e. The largest absolute Gasteiger partial charge is 0.299 e. The second-order valence-electron chi connectivity index (χ2n) is 7.00. The van der Waals surface area contributed by atoms with Crippen molar-refractivity contribution < 1.29 is 4.79 Å². The molecular weight excluding hydrogens is 208 g/mol. The highest BCUT2D eigenvalue weighted by atomic mass is 16.1. The lowest BCUT2D eigenvalue weighted by Gasteiger charge is -2.38. The number of hydrogen-bond donors (Lipinski definition) is 0. The molecule has 2 aliphatic carbocycles. The fourth-order valence-electron chi connectivity index (χ4n) is 4.51. The van der Waals surface area contributed by atoms with E-state index in [9.17, 15) is 4.79 Å². The van der Waals surface area contributed by atoms with E-state index in [4.69, 9.17) is 0 Å². The van der Waals surface area contributed by atoms with Gasteiger partial charge in [-0.05, 0) is 55.3 Å². The van der Waals surface area contributed by atoms with Crippen LogP contribution in [-0.4, -0.2) is 5.78 Å². The first-order valence-electron chi connectivity index (χ1n) is 7.49. The maximum atomic E-state index is 11.6. The summed E-state index contributed by atoms with van der Waals surface area (Å²) >= 11 is 0. The van der Waals surface area contributed by atoms with Crippen LogP contribution in [0.3, 0.4) is 0 Å². The van der Waals surface area contributed by atoms with Crippen LogP contribution in [0.25, 0.3) is 0 Å². The Morgan fingerprint density at radius 2 is 2.06 bits per heavy atom. The molecule has 0 aromatic carbocycles. The van der Waals surface area contributed by atoms with Gasteiger partial charge < -0.3 is 0 Å². The fourth-order valence-corrected chi connectivity index (χ4v) is 4.51. The van der Waals surface area contributed by atoms with Crippen LogP contribution in [0, 0.1) is 29.1 Å². The molecule has 98 valence electrons. The van der Waals surface area contributed by atoms with Crippen LogP contribution in [0.15, 0.2) is 0 Å². The molecular formula is C16H28O. The molecule has 0 amide bonds. The van der Waals surface area contributed by atoms with E-state index < -0.39 is 0 Å². The van der Waals surface area contributed by atoms with Crippen molar-refractivity contribution in [3.05, 3.63) is 0 Å². The first-order chi connectivity index (χ1) is 7.96. The van der Waals surface area contributed by atoms with Gasteiger partial charge in [0.15, 0.2) is 0 Å². The number of Topliss-reactive ketones (excluding diaryl/α,β-unsaturated/α-hetero) is 1. The van der Waals surface area contributed by atoms with Gasteiger partial charge >= 0.3 is 0 Å². The highest BCUT2D eigenvalue weighted by Gasteiger charge is 2.51. The van der Waals surface area contributed by atoms with Gasteiger partial charge in [-0.2, -0.15) is 0 Å². The second kappa shape index (κ2) is 4.74. The number of carbonyl (C=O) groups excluding carboxylic acids is 1. The minimum atomic E-state index is 0.287. The van der Waals surface area contributed by atoms with Crippen LogP contribution < -0.4 is 0 Å². The van der Waals surface area contributed by atoms with Crippen molar-refractivity contribution in [3.8, 4) is 0 Å². The Morgan fingerprint density at radius 3 is 2.59 bits per heavy atom. The van der Waals surface area contributed by atoms with Crippen LogP contribution in [0.2, 0.25) is 0 Å². The molecule has 0 aromatic heterocycles. The smallest absolute Gasteiger partial charge is 0.135 e. The predicted octanol–water partition coefficient (Wildman–Crippen LogP) is 4.45. The number of rotatable bonds is 5. The van der Waals surface area contributed by atoms with Crippen molar-refractivity contribution in [2.24, 2.45) is 29.1 Å². The summed E-state index contributed by atoms with van der Waals surface area (Å²) in [4.78, 5) is 11.6. The van der Waals surface area contributed by atoms with E-state index >= 15 is 0 Å². The zero-order valence-electron chi connectivity index (χ0n) is 12.0. The van der Waals surface area contributed by atoms with Crippen LogP contribution >= 0.6 is 0 Å². The molecule has 0 radical (unpaired) electrons.